The number of ketones is 1. The molecule has 3 fully saturated rings. The summed E-state index contributed by atoms with van der Waals surface area (Å²) in [6, 6.07) is -2.19. The third-order valence-electron chi connectivity index (χ3n) is 15.5. The fraction of sp³-hybridized carbons (Fsp3) is 0.719. The van der Waals surface area contributed by atoms with E-state index in [9.17, 15) is 53.4 Å². The first-order valence-electron chi connectivity index (χ1n) is 28.0. The van der Waals surface area contributed by atoms with Crippen LogP contribution in [-0.4, -0.2) is 190 Å². The second-order valence-electron chi connectivity index (χ2n) is 23.0. The van der Waals surface area contributed by atoms with E-state index in [1.165, 1.54) is 61.6 Å². The Bertz CT molecular complexity index is 2330. The Morgan fingerprint density at radius 2 is 1.49 bits per heavy atom. The predicted octanol–water partition coefficient (Wildman–Crippen LogP) is 2.32. The van der Waals surface area contributed by atoms with Gasteiger partial charge in [0.2, 0.25) is 35.4 Å². The summed E-state index contributed by atoms with van der Waals surface area (Å²) < 4.78 is 17.2. The second kappa shape index (κ2) is 29.3. The number of esters is 2. The van der Waals surface area contributed by atoms with E-state index >= 15 is 4.79 Å². The van der Waals surface area contributed by atoms with E-state index in [2.05, 4.69) is 16.0 Å². The number of aliphatic hydroxyl groups excluding tert-OH is 2. The number of hydrogen-bond acceptors (Lipinski definition) is 15. The minimum atomic E-state index is -1.76. The summed E-state index contributed by atoms with van der Waals surface area (Å²) in [5.74, 6) is -10.3. The zero-order chi connectivity index (χ0) is 59.3. The number of ether oxygens (including phenoxy) is 3. The molecule has 3 saturated heterocycles. The molecular weight excluding hydrogens is 1020 g/mol. The number of likely N-dealkylation sites (N-methyl/N-ethyl adjacent to an activating group) is 2. The van der Waals surface area contributed by atoms with Crippen molar-refractivity contribution in [3.05, 3.63) is 29.8 Å². The summed E-state index contributed by atoms with van der Waals surface area (Å²) in [7, 11) is 4.29. The van der Waals surface area contributed by atoms with Crippen molar-refractivity contribution < 1.29 is 72.4 Å². The third kappa shape index (κ3) is 16.9. The molecule has 0 aliphatic carbocycles. The van der Waals surface area contributed by atoms with Crippen molar-refractivity contribution >= 4 is 59.1 Å². The third-order valence-corrected chi connectivity index (χ3v) is 15.5. The summed E-state index contributed by atoms with van der Waals surface area (Å²) in [5.41, 5.74) is 0.571. The molecule has 0 saturated carbocycles. The first-order chi connectivity index (χ1) is 37.0. The Morgan fingerprint density at radius 3 is 2.06 bits per heavy atom. The smallest absolute Gasteiger partial charge is 0.329 e. The minimum Gasteiger partial charge on any atom is -0.497 e. The number of nitrogens with zero attached hydrogens (tertiary/aromatic N) is 4. The lowest BCUT2D eigenvalue weighted by Crippen LogP contribution is -2.62. The largest absolute Gasteiger partial charge is 0.497 e. The van der Waals surface area contributed by atoms with Gasteiger partial charge in [-0.15, -0.1) is 0 Å². The number of Topliss-reactive ketones (excluding diaryl/α,β-unsaturated/α-hetero) is 1. The zero-order valence-electron chi connectivity index (χ0n) is 48.8. The van der Waals surface area contributed by atoms with Crippen molar-refractivity contribution in [2.24, 2.45) is 29.6 Å². The van der Waals surface area contributed by atoms with Crippen LogP contribution in [0.1, 0.15) is 133 Å². The van der Waals surface area contributed by atoms with E-state index < -0.39 is 150 Å². The van der Waals surface area contributed by atoms with Crippen molar-refractivity contribution in [2.45, 2.75) is 201 Å². The van der Waals surface area contributed by atoms with Crippen molar-refractivity contribution in [1.29, 1.82) is 0 Å². The van der Waals surface area contributed by atoms with Crippen molar-refractivity contribution in [3.63, 3.8) is 0 Å². The van der Waals surface area contributed by atoms with Gasteiger partial charge < -0.3 is 60.0 Å². The Kier molecular flexibility index (Phi) is 24.3. The van der Waals surface area contributed by atoms with Gasteiger partial charge in [0.25, 0.3) is 5.91 Å². The first kappa shape index (κ1) is 65.4. The van der Waals surface area contributed by atoms with E-state index in [-0.39, 0.29) is 57.0 Å². The van der Waals surface area contributed by atoms with Crippen LogP contribution in [0.25, 0.3) is 0 Å². The Hall–Kier alpha value is -6.16. The van der Waals surface area contributed by atoms with Crippen molar-refractivity contribution in [3.8, 4) is 5.75 Å². The molecule has 3 aliphatic heterocycles. The monoisotopic (exact) mass is 1110 g/mol. The van der Waals surface area contributed by atoms with Gasteiger partial charge in [-0.25, -0.2) is 4.79 Å². The Balaban J connectivity index is 1.89. The highest BCUT2D eigenvalue weighted by Crippen LogP contribution is 2.27. The lowest BCUT2D eigenvalue weighted by molar-refractivity contribution is -0.163. The van der Waals surface area contributed by atoms with Gasteiger partial charge in [-0.3, -0.25) is 43.2 Å². The lowest BCUT2D eigenvalue weighted by Gasteiger charge is -2.36. The van der Waals surface area contributed by atoms with Crippen LogP contribution < -0.4 is 20.7 Å². The molecule has 3 aliphatic rings. The SMILES string of the molecule is CC[C@H](C)[C@H]1NC(=O)[C@@H](NC(=O)[C@@H](CC(C)C)N(C)C(=O)[C@@H]2CCCN2C(=O)[C@H](C)O)[C@H](C)OC(=O)[C@H](Cc2ccc(OC)cc2)N(C)C(=O)[C@@H]2CCCN2C(=O)[C@H](CC(C)C)NC(=O)[C@@H](C)C(=O)[C@H](C(C)C)OC(=O)C[C@@H]1O. The molecular formula is C57H89N7O15. The Labute approximate surface area is 465 Å². The molecule has 1 aromatic rings. The van der Waals surface area contributed by atoms with Gasteiger partial charge in [0, 0.05) is 33.6 Å². The number of cyclic esters (lactones) is 2. The van der Waals surface area contributed by atoms with Crippen LogP contribution in [0.3, 0.4) is 0 Å². The summed E-state index contributed by atoms with van der Waals surface area (Å²) in [4.78, 5) is 149. The van der Waals surface area contributed by atoms with Crippen LogP contribution >= 0.6 is 0 Å². The maximum absolute atomic E-state index is 15.0. The molecule has 5 N–H and O–H groups in total. The molecule has 3 heterocycles. The minimum absolute atomic E-state index is 0.0720. The molecule has 0 unspecified atom stereocenters. The van der Waals surface area contributed by atoms with Crippen LogP contribution in [0.5, 0.6) is 5.75 Å². The average molecular weight is 1110 g/mol. The quantitative estimate of drug-likeness (QED) is 0.124. The lowest BCUT2D eigenvalue weighted by atomic mass is 9.91. The molecule has 0 aromatic heterocycles. The van der Waals surface area contributed by atoms with Crippen LogP contribution in [0.4, 0.5) is 0 Å². The van der Waals surface area contributed by atoms with Crippen LogP contribution in [0, 0.1) is 29.6 Å². The molecule has 0 spiro atoms. The summed E-state index contributed by atoms with van der Waals surface area (Å²) in [5, 5.41) is 30.2. The molecule has 0 radical (unpaired) electrons. The highest BCUT2D eigenvalue weighted by molar-refractivity contribution is 6.05. The Morgan fingerprint density at radius 1 is 0.861 bits per heavy atom. The first-order valence-corrected chi connectivity index (χ1v) is 28.0. The molecule has 7 amide bonds. The zero-order valence-corrected chi connectivity index (χ0v) is 48.8. The fourth-order valence-corrected chi connectivity index (χ4v) is 10.5. The number of carbonyl (C=O) groups is 10. The second-order valence-corrected chi connectivity index (χ2v) is 23.0. The molecule has 442 valence electrons. The van der Waals surface area contributed by atoms with E-state index in [4.69, 9.17) is 14.2 Å². The van der Waals surface area contributed by atoms with Gasteiger partial charge in [0.15, 0.2) is 11.9 Å². The number of fused-ring (bicyclic) bond motifs is 1. The topological polar surface area (TPSA) is 288 Å². The van der Waals surface area contributed by atoms with Crippen molar-refractivity contribution in [2.75, 3.05) is 34.3 Å². The van der Waals surface area contributed by atoms with Gasteiger partial charge in [0.1, 0.15) is 54.2 Å². The van der Waals surface area contributed by atoms with E-state index in [1.807, 2.05) is 27.7 Å². The van der Waals surface area contributed by atoms with Crippen LogP contribution in [-0.2, 0) is 63.8 Å². The van der Waals surface area contributed by atoms with Crippen LogP contribution in [0.2, 0.25) is 0 Å². The number of methoxy groups -OCH3 is 1. The van der Waals surface area contributed by atoms with E-state index in [0.717, 1.165) is 0 Å². The number of nitrogens with one attached hydrogen (secondary N) is 3. The molecule has 13 atom stereocenters. The van der Waals surface area contributed by atoms with Gasteiger partial charge in [-0.05, 0) is 101 Å². The van der Waals surface area contributed by atoms with Gasteiger partial charge in [0.05, 0.1) is 31.6 Å². The summed E-state index contributed by atoms with van der Waals surface area (Å²) in [6.07, 6.45) is -4.99. The maximum atomic E-state index is 15.0. The number of carbonyl (C=O) groups excluding carboxylic acids is 10. The summed E-state index contributed by atoms with van der Waals surface area (Å²) in [6.45, 7) is 18.4. The molecule has 0 bridgehead atoms. The molecule has 22 heteroatoms. The van der Waals surface area contributed by atoms with Gasteiger partial charge in [-0.2, -0.15) is 0 Å². The van der Waals surface area contributed by atoms with E-state index in [1.54, 1.807) is 52.0 Å². The number of likely N-dealkylation sites (tertiary alicyclic amines) is 1. The van der Waals surface area contributed by atoms with Crippen LogP contribution in [0.15, 0.2) is 24.3 Å². The van der Waals surface area contributed by atoms with E-state index in [0.29, 0.717) is 30.6 Å². The summed E-state index contributed by atoms with van der Waals surface area (Å²) >= 11 is 0. The highest BCUT2D eigenvalue weighted by atomic mass is 16.6. The number of hydrogen-bond donors (Lipinski definition) is 5. The molecule has 1 aromatic carbocycles. The number of benzene rings is 1. The average Bonchev–Trinajstić information content (AvgIpc) is 4.13. The molecule has 22 nitrogen and oxygen atoms in total. The highest BCUT2D eigenvalue weighted by Gasteiger charge is 2.46. The van der Waals surface area contributed by atoms with Gasteiger partial charge >= 0.3 is 11.9 Å². The predicted molar refractivity (Wildman–Crippen MR) is 290 cm³/mol. The van der Waals surface area contributed by atoms with Crippen molar-refractivity contribution in [1.82, 2.24) is 35.6 Å². The number of aliphatic hydroxyl groups is 2. The molecule has 4 rings (SSSR count). The number of rotatable bonds is 15. The normalized spacial score (nSPS) is 27.7. The fourth-order valence-electron chi connectivity index (χ4n) is 10.5. The van der Waals surface area contributed by atoms with Gasteiger partial charge in [-0.1, -0.05) is 73.9 Å². The maximum Gasteiger partial charge on any atom is 0.329 e. The standard InChI is InChI=1S/C57H89N7O15/c1-15-33(8)46-44(66)29-45(67)79-49(32(6)7)48(68)34(9)50(69)58-39(26-30(2)3)54(73)64-25-17-19-41(64)56(75)62(13)43(28-37-20-22-38(77-14)23-21-37)57(76)78-36(11)47(52(71)59-46)60-51(70)42(27-31(4)5)61(12)55(74)40-18-16-24-63(40)53(72)35(10)65/h20-23,30-36,39-44,46-47,49,65-66H,15-19,24-29H2,1-14H3,(H,58,69)(H,59,71)(H,60,70)/t33-,34-,35-,36-,39-,40-,41-,42+,43-,44-,46+,47-,49-/m0/s1. The number of amides is 7. The molecule has 79 heavy (non-hydrogen) atoms.